The van der Waals surface area contributed by atoms with Crippen LogP contribution in [0.3, 0.4) is 0 Å². The first kappa shape index (κ1) is 17.3. The minimum Gasteiger partial charge on any atom is -0.309 e. The quantitative estimate of drug-likeness (QED) is 0.831. The number of hydrogen-bond acceptors (Lipinski definition) is 2. The number of piperazine rings is 1. The molecule has 4 atom stereocenters. The smallest absolute Gasteiger partial charge is 0.0278 e. The molecular formula is C19H38N2. The lowest BCUT2D eigenvalue weighted by molar-refractivity contribution is -0.0204. The molecule has 1 saturated carbocycles. The van der Waals surface area contributed by atoms with Crippen LogP contribution in [0.1, 0.15) is 73.6 Å². The molecule has 0 aromatic rings. The third-order valence-corrected chi connectivity index (χ3v) is 6.31. The van der Waals surface area contributed by atoms with Crippen LogP contribution < -0.4 is 5.32 Å². The zero-order valence-electron chi connectivity index (χ0n) is 15.3. The lowest BCUT2D eigenvalue weighted by atomic mass is 9.75. The third kappa shape index (κ3) is 3.82. The number of nitrogens with one attached hydrogen (secondary N) is 1. The maximum atomic E-state index is 3.85. The van der Waals surface area contributed by atoms with E-state index in [2.05, 4.69) is 51.8 Å². The van der Waals surface area contributed by atoms with Crippen molar-refractivity contribution in [2.45, 2.75) is 91.3 Å². The lowest BCUT2D eigenvalue weighted by Crippen LogP contribution is -2.67. The highest BCUT2D eigenvalue weighted by molar-refractivity contribution is 4.99. The van der Waals surface area contributed by atoms with Crippen molar-refractivity contribution in [3.05, 3.63) is 0 Å². The van der Waals surface area contributed by atoms with Gasteiger partial charge in [0.05, 0.1) is 0 Å². The number of rotatable bonds is 4. The Bertz CT molecular complexity index is 326. The molecule has 2 heteroatoms. The monoisotopic (exact) mass is 294 g/mol. The van der Waals surface area contributed by atoms with E-state index in [-0.39, 0.29) is 0 Å². The summed E-state index contributed by atoms with van der Waals surface area (Å²) < 4.78 is 0. The first-order valence-corrected chi connectivity index (χ1v) is 9.38. The third-order valence-electron chi connectivity index (χ3n) is 6.31. The van der Waals surface area contributed by atoms with E-state index in [1.165, 1.54) is 45.2 Å². The SMILES string of the molecule is CCC1(C)CN(C2CCCCC2C(C)C)C(C(C)C)CN1. The molecule has 2 rings (SSSR count). The Balaban J connectivity index is 2.21. The van der Waals surface area contributed by atoms with Crippen molar-refractivity contribution in [2.75, 3.05) is 13.1 Å². The zero-order valence-corrected chi connectivity index (χ0v) is 15.3. The molecule has 0 aromatic carbocycles. The second kappa shape index (κ2) is 7.00. The largest absolute Gasteiger partial charge is 0.309 e. The van der Waals surface area contributed by atoms with Crippen molar-refractivity contribution in [2.24, 2.45) is 17.8 Å². The number of hydrogen-bond donors (Lipinski definition) is 1. The average Bonchev–Trinajstić information content (AvgIpc) is 2.46. The fourth-order valence-corrected chi connectivity index (χ4v) is 4.59. The maximum absolute atomic E-state index is 3.85. The molecule has 2 aliphatic rings. The van der Waals surface area contributed by atoms with Gasteiger partial charge in [-0.2, -0.15) is 0 Å². The van der Waals surface area contributed by atoms with Gasteiger partial charge in [0.1, 0.15) is 0 Å². The normalized spacial score (nSPS) is 39.1. The Hall–Kier alpha value is -0.0800. The molecule has 4 unspecified atom stereocenters. The van der Waals surface area contributed by atoms with E-state index in [4.69, 9.17) is 0 Å². The fourth-order valence-electron chi connectivity index (χ4n) is 4.59. The summed E-state index contributed by atoms with van der Waals surface area (Å²) in [5.74, 6) is 2.47. The van der Waals surface area contributed by atoms with Gasteiger partial charge in [-0.1, -0.05) is 47.5 Å². The van der Waals surface area contributed by atoms with Gasteiger partial charge in [0.15, 0.2) is 0 Å². The van der Waals surface area contributed by atoms with Crippen LogP contribution >= 0.6 is 0 Å². The summed E-state index contributed by atoms with van der Waals surface area (Å²) in [6.45, 7) is 16.8. The highest BCUT2D eigenvalue weighted by atomic mass is 15.3. The molecule has 0 aromatic heterocycles. The van der Waals surface area contributed by atoms with Crippen LogP contribution in [-0.2, 0) is 0 Å². The van der Waals surface area contributed by atoms with Crippen molar-refractivity contribution in [1.29, 1.82) is 0 Å². The minimum atomic E-state index is 0.310. The van der Waals surface area contributed by atoms with Gasteiger partial charge < -0.3 is 5.32 Å². The Morgan fingerprint density at radius 3 is 2.33 bits per heavy atom. The zero-order chi connectivity index (χ0) is 15.6. The molecule has 1 aliphatic carbocycles. The summed E-state index contributed by atoms with van der Waals surface area (Å²) in [6.07, 6.45) is 6.98. The molecular weight excluding hydrogens is 256 g/mol. The van der Waals surface area contributed by atoms with Crippen LogP contribution in [-0.4, -0.2) is 35.6 Å². The Morgan fingerprint density at radius 1 is 1.10 bits per heavy atom. The van der Waals surface area contributed by atoms with E-state index < -0.39 is 0 Å². The summed E-state index contributed by atoms with van der Waals surface area (Å²) in [5, 5.41) is 3.85. The molecule has 124 valence electrons. The first-order chi connectivity index (χ1) is 9.88. The van der Waals surface area contributed by atoms with Crippen molar-refractivity contribution in [3.8, 4) is 0 Å². The highest BCUT2D eigenvalue weighted by Crippen LogP contribution is 2.37. The predicted octanol–water partition coefficient (Wildman–Crippen LogP) is 4.30. The molecule has 1 saturated heterocycles. The van der Waals surface area contributed by atoms with Crippen molar-refractivity contribution in [1.82, 2.24) is 10.2 Å². The Labute approximate surface area is 133 Å². The summed E-state index contributed by atoms with van der Waals surface area (Å²) in [4.78, 5) is 2.93. The predicted molar refractivity (Wildman–Crippen MR) is 92.6 cm³/mol. The van der Waals surface area contributed by atoms with E-state index >= 15 is 0 Å². The summed E-state index contributed by atoms with van der Waals surface area (Å²) >= 11 is 0. The van der Waals surface area contributed by atoms with Crippen molar-refractivity contribution in [3.63, 3.8) is 0 Å². The van der Waals surface area contributed by atoms with E-state index in [0.29, 0.717) is 11.6 Å². The summed E-state index contributed by atoms with van der Waals surface area (Å²) in [5.41, 5.74) is 0.310. The van der Waals surface area contributed by atoms with E-state index in [1.54, 1.807) is 0 Å². The molecule has 0 bridgehead atoms. The van der Waals surface area contributed by atoms with Gasteiger partial charge in [-0.05, 0) is 43.9 Å². The minimum absolute atomic E-state index is 0.310. The van der Waals surface area contributed by atoms with Gasteiger partial charge in [0, 0.05) is 30.7 Å². The summed E-state index contributed by atoms with van der Waals surface area (Å²) in [6, 6.07) is 1.54. The van der Waals surface area contributed by atoms with Crippen LogP contribution in [0.25, 0.3) is 0 Å². The van der Waals surface area contributed by atoms with Gasteiger partial charge in [-0.3, -0.25) is 4.90 Å². The van der Waals surface area contributed by atoms with E-state index in [0.717, 1.165) is 23.8 Å². The van der Waals surface area contributed by atoms with Crippen LogP contribution in [0.2, 0.25) is 0 Å². The number of nitrogens with zero attached hydrogens (tertiary/aromatic N) is 1. The Morgan fingerprint density at radius 2 is 1.76 bits per heavy atom. The van der Waals surface area contributed by atoms with Crippen molar-refractivity contribution < 1.29 is 0 Å². The van der Waals surface area contributed by atoms with Crippen LogP contribution in [0.5, 0.6) is 0 Å². The molecule has 1 N–H and O–H groups in total. The molecule has 1 aliphatic heterocycles. The fraction of sp³-hybridized carbons (Fsp3) is 1.00. The molecule has 1 heterocycles. The van der Waals surface area contributed by atoms with Crippen LogP contribution in [0.4, 0.5) is 0 Å². The second-order valence-electron chi connectivity index (χ2n) is 8.54. The lowest BCUT2D eigenvalue weighted by Gasteiger charge is -2.53. The molecule has 2 fully saturated rings. The van der Waals surface area contributed by atoms with Gasteiger partial charge >= 0.3 is 0 Å². The highest BCUT2D eigenvalue weighted by Gasteiger charge is 2.42. The van der Waals surface area contributed by atoms with Crippen LogP contribution in [0.15, 0.2) is 0 Å². The van der Waals surface area contributed by atoms with E-state index in [1.807, 2.05) is 0 Å². The van der Waals surface area contributed by atoms with Gasteiger partial charge in [0.25, 0.3) is 0 Å². The molecule has 21 heavy (non-hydrogen) atoms. The van der Waals surface area contributed by atoms with Gasteiger partial charge in [0.2, 0.25) is 0 Å². The van der Waals surface area contributed by atoms with Gasteiger partial charge in [-0.25, -0.2) is 0 Å². The molecule has 0 spiro atoms. The topological polar surface area (TPSA) is 15.3 Å². The van der Waals surface area contributed by atoms with Crippen LogP contribution in [0, 0.1) is 17.8 Å². The van der Waals surface area contributed by atoms with Crippen molar-refractivity contribution >= 4 is 0 Å². The first-order valence-electron chi connectivity index (χ1n) is 9.38. The Kier molecular flexibility index (Phi) is 5.76. The van der Waals surface area contributed by atoms with Gasteiger partial charge in [-0.15, -0.1) is 0 Å². The second-order valence-corrected chi connectivity index (χ2v) is 8.54. The molecule has 0 amide bonds. The molecule has 0 radical (unpaired) electrons. The molecule has 2 nitrogen and oxygen atoms in total. The van der Waals surface area contributed by atoms with E-state index in [9.17, 15) is 0 Å². The average molecular weight is 295 g/mol. The maximum Gasteiger partial charge on any atom is 0.0278 e. The summed E-state index contributed by atoms with van der Waals surface area (Å²) in [7, 11) is 0. The standard InChI is InChI=1S/C19H38N2/c1-7-19(6)13-21(18(12-20-19)15(4)5)17-11-9-8-10-16(17)14(2)3/h14-18,20H,7-13H2,1-6H3.